The molecule has 0 radical (unpaired) electrons. The molecule has 1 aromatic rings. The van der Waals surface area contributed by atoms with Crippen LogP contribution in [0.1, 0.15) is 56.1 Å². The summed E-state index contributed by atoms with van der Waals surface area (Å²) in [6, 6.07) is 3.57. The number of hydrogen-bond donors (Lipinski definition) is 3. The van der Waals surface area contributed by atoms with Gasteiger partial charge in [0.2, 0.25) is 10.0 Å². The van der Waals surface area contributed by atoms with Crippen LogP contribution >= 0.6 is 0 Å². The highest BCUT2D eigenvalue weighted by atomic mass is 32.2. The minimum absolute atomic E-state index is 0.0492. The predicted molar refractivity (Wildman–Crippen MR) is 121 cm³/mol. The van der Waals surface area contributed by atoms with E-state index in [4.69, 9.17) is 19.8 Å². The SMILES string of the molecule is COc1cc2c(cc1OS(N)(=O)=O)CCC1C2CC[C@@]2(C)C1CC[C@@H]2NS(=O)(=O)CCN. The molecule has 5 atom stereocenters. The van der Waals surface area contributed by atoms with Crippen LogP contribution in [0.4, 0.5) is 0 Å². The maximum atomic E-state index is 12.4. The quantitative estimate of drug-likeness (QED) is 0.525. The summed E-state index contributed by atoms with van der Waals surface area (Å²) in [6.07, 6.45) is 5.47. The molecular formula is C21H33N3O6S2. The van der Waals surface area contributed by atoms with Crippen molar-refractivity contribution in [1.29, 1.82) is 0 Å². The van der Waals surface area contributed by atoms with Gasteiger partial charge >= 0.3 is 10.3 Å². The first-order valence-electron chi connectivity index (χ1n) is 11.1. The Kier molecular flexibility index (Phi) is 6.25. The largest absolute Gasteiger partial charge is 0.493 e. The molecule has 0 bridgehead atoms. The summed E-state index contributed by atoms with van der Waals surface area (Å²) < 4.78 is 60.9. The van der Waals surface area contributed by atoms with Gasteiger partial charge < -0.3 is 14.7 Å². The number of methoxy groups -OCH3 is 1. The predicted octanol–water partition coefficient (Wildman–Crippen LogP) is 1.38. The lowest BCUT2D eigenvalue weighted by molar-refractivity contribution is 0.0461. The molecule has 0 saturated heterocycles. The maximum absolute atomic E-state index is 12.4. The number of fused-ring (bicyclic) bond motifs is 5. The summed E-state index contributed by atoms with van der Waals surface area (Å²) in [4.78, 5) is 0. The van der Waals surface area contributed by atoms with Crippen LogP contribution in [0.5, 0.6) is 11.5 Å². The van der Waals surface area contributed by atoms with E-state index in [9.17, 15) is 16.8 Å². The fourth-order valence-corrected chi connectivity index (χ4v) is 8.18. The highest BCUT2D eigenvalue weighted by molar-refractivity contribution is 7.89. The Labute approximate surface area is 190 Å². The highest BCUT2D eigenvalue weighted by Gasteiger charge is 2.55. The molecule has 5 N–H and O–H groups in total. The molecule has 3 aliphatic carbocycles. The molecule has 3 unspecified atom stereocenters. The van der Waals surface area contributed by atoms with E-state index in [0.717, 1.165) is 44.1 Å². The average Bonchev–Trinajstić information content (AvgIpc) is 3.01. The van der Waals surface area contributed by atoms with E-state index >= 15 is 0 Å². The molecule has 2 saturated carbocycles. The van der Waals surface area contributed by atoms with E-state index in [2.05, 4.69) is 11.6 Å². The zero-order valence-electron chi connectivity index (χ0n) is 18.5. The van der Waals surface area contributed by atoms with Crippen LogP contribution < -0.4 is 24.5 Å². The van der Waals surface area contributed by atoms with Gasteiger partial charge in [-0.3, -0.25) is 0 Å². The van der Waals surface area contributed by atoms with Gasteiger partial charge in [0.1, 0.15) is 0 Å². The molecule has 32 heavy (non-hydrogen) atoms. The van der Waals surface area contributed by atoms with E-state index in [1.165, 1.54) is 12.7 Å². The fourth-order valence-electron chi connectivity index (χ4n) is 6.55. The van der Waals surface area contributed by atoms with Gasteiger partial charge in [-0.15, -0.1) is 0 Å². The van der Waals surface area contributed by atoms with Crippen molar-refractivity contribution in [2.45, 2.75) is 57.4 Å². The molecule has 180 valence electrons. The van der Waals surface area contributed by atoms with Crippen LogP contribution in [0, 0.1) is 17.3 Å². The molecule has 0 heterocycles. The second-order valence-electron chi connectivity index (χ2n) is 9.59. The molecule has 2 fully saturated rings. The zero-order valence-corrected chi connectivity index (χ0v) is 20.2. The maximum Gasteiger partial charge on any atom is 0.380 e. The number of rotatable bonds is 7. The van der Waals surface area contributed by atoms with Gasteiger partial charge in [0, 0.05) is 12.6 Å². The summed E-state index contributed by atoms with van der Waals surface area (Å²) in [7, 11) is -6.05. The van der Waals surface area contributed by atoms with E-state index in [0.29, 0.717) is 23.5 Å². The van der Waals surface area contributed by atoms with E-state index in [-0.39, 0.29) is 29.5 Å². The number of sulfonamides is 1. The van der Waals surface area contributed by atoms with E-state index in [1.807, 2.05) is 6.07 Å². The van der Waals surface area contributed by atoms with Crippen molar-refractivity contribution in [2.75, 3.05) is 19.4 Å². The first-order chi connectivity index (χ1) is 15.0. The van der Waals surface area contributed by atoms with Gasteiger partial charge in [-0.05, 0) is 85.0 Å². The minimum Gasteiger partial charge on any atom is -0.493 e. The Morgan fingerprint density at radius 1 is 1.12 bits per heavy atom. The average molecular weight is 488 g/mol. The van der Waals surface area contributed by atoms with Crippen LogP contribution in [-0.2, 0) is 26.7 Å². The number of aryl methyl sites for hydroxylation is 1. The third kappa shape index (κ3) is 4.37. The van der Waals surface area contributed by atoms with Gasteiger partial charge in [0.05, 0.1) is 12.9 Å². The van der Waals surface area contributed by atoms with Gasteiger partial charge in [0.15, 0.2) is 11.5 Å². The van der Waals surface area contributed by atoms with Crippen LogP contribution in [0.15, 0.2) is 12.1 Å². The Balaban J connectivity index is 1.61. The van der Waals surface area contributed by atoms with Gasteiger partial charge in [0.25, 0.3) is 0 Å². The van der Waals surface area contributed by atoms with Gasteiger partial charge in [-0.25, -0.2) is 13.1 Å². The Morgan fingerprint density at radius 3 is 2.53 bits per heavy atom. The third-order valence-electron chi connectivity index (χ3n) is 7.92. The fraction of sp³-hybridized carbons (Fsp3) is 0.714. The van der Waals surface area contributed by atoms with Gasteiger partial charge in [-0.2, -0.15) is 13.6 Å². The number of benzene rings is 1. The molecule has 0 amide bonds. The monoisotopic (exact) mass is 487 g/mol. The first kappa shape index (κ1) is 23.7. The van der Waals surface area contributed by atoms with Crippen molar-refractivity contribution in [3.8, 4) is 11.5 Å². The van der Waals surface area contributed by atoms with Crippen LogP contribution in [0.2, 0.25) is 0 Å². The van der Waals surface area contributed by atoms with Crippen molar-refractivity contribution < 1.29 is 25.8 Å². The molecule has 0 aromatic heterocycles. The number of hydrogen-bond acceptors (Lipinski definition) is 7. The third-order valence-corrected chi connectivity index (χ3v) is 9.75. The summed E-state index contributed by atoms with van der Waals surface area (Å²) in [5.74, 6) is 1.61. The number of ether oxygens (including phenoxy) is 1. The highest BCUT2D eigenvalue weighted by Crippen LogP contribution is 2.61. The van der Waals surface area contributed by atoms with E-state index in [1.54, 1.807) is 6.07 Å². The van der Waals surface area contributed by atoms with Crippen molar-refractivity contribution >= 4 is 20.3 Å². The topological polar surface area (TPSA) is 151 Å². The summed E-state index contributed by atoms with van der Waals surface area (Å²) in [5, 5.41) is 5.06. The summed E-state index contributed by atoms with van der Waals surface area (Å²) in [6.45, 7) is 2.35. The standard InChI is InChI=1S/C21H33N3O6S2/c1-21-8-7-14-15(17(21)5-6-20(21)24-31(25,26)10-9-22)4-3-13-11-19(30-32(23,27)28)18(29-2)12-16(13)14/h11-12,14-15,17,20,24H,3-10,22H2,1-2H3,(H2,23,27,28)/t14?,15?,17?,20-,21-/m0/s1. The summed E-state index contributed by atoms with van der Waals surface area (Å²) in [5.41, 5.74) is 7.63. The Bertz CT molecular complexity index is 1090. The van der Waals surface area contributed by atoms with Crippen molar-refractivity contribution in [3.63, 3.8) is 0 Å². The first-order valence-corrected chi connectivity index (χ1v) is 14.2. The van der Waals surface area contributed by atoms with Crippen molar-refractivity contribution in [3.05, 3.63) is 23.3 Å². The lowest BCUT2D eigenvalue weighted by atomic mass is 9.55. The molecule has 11 heteroatoms. The lowest BCUT2D eigenvalue weighted by Crippen LogP contribution is -2.50. The van der Waals surface area contributed by atoms with Crippen LogP contribution in [0.25, 0.3) is 0 Å². The molecule has 0 spiro atoms. The van der Waals surface area contributed by atoms with Crippen molar-refractivity contribution in [2.24, 2.45) is 28.1 Å². The normalized spacial score (nSPS) is 32.0. The molecular weight excluding hydrogens is 454 g/mol. The molecule has 9 nitrogen and oxygen atoms in total. The number of nitrogens with one attached hydrogen (secondary N) is 1. The Morgan fingerprint density at radius 2 is 1.88 bits per heavy atom. The second-order valence-corrected chi connectivity index (χ2v) is 12.6. The van der Waals surface area contributed by atoms with E-state index < -0.39 is 20.3 Å². The smallest absolute Gasteiger partial charge is 0.380 e. The van der Waals surface area contributed by atoms with Crippen LogP contribution in [0.3, 0.4) is 0 Å². The van der Waals surface area contributed by atoms with Crippen LogP contribution in [-0.4, -0.2) is 42.3 Å². The van der Waals surface area contributed by atoms with Crippen molar-refractivity contribution in [1.82, 2.24) is 4.72 Å². The minimum atomic E-state index is -4.15. The molecule has 1 aromatic carbocycles. The lowest BCUT2D eigenvalue weighted by Gasteiger charge is -2.51. The zero-order chi connectivity index (χ0) is 23.3. The second kappa shape index (κ2) is 8.43. The Hall–Kier alpha value is -1.40. The molecule has 3 aliphatic rings. The molecule has 0 aliphatic heterocycles. The summed E-state index contributed by atoms with van der Waals surface area (Å²) >= 11 is 0. The van der Waals surface area contributed by atoms with Gasteiger partial charge in [-0.1, -0.05) is 6.92 Å². The number of nitrogens with two attached hydrogens (primary N) is 2. The molecule has 4 rings (SSSR count).